The van der Waals surface area contributed by atoms with Crippen LogP contribution in [0.25, 0.3) is 11.5 Å². The molecule has 7 heteroatoms. The summed E-state index contributed by atoms with van der Waals surface area (Å²) in [6, 6.07) is 12.5. The Kier molecular flexibility index (Phi) is 4.19. The van der Waals surface area contributed by atoms with Crippen molar-refractivity contribution in [3.63, 3.8) is 0 Å². The van der Waals surface area contributed by atoms with Crippen molar-refractivity contribution in [1.82, 2.24) is 15.6 Å². The first kappa shape index (κ1) is 14.6. The maximum Gasteiger partial charge on any atom is 0.291 e. The van der Waals surface area contributed by atoms with Gasteiger partial charge >= 0.3 is 0 Å². The fraction of sp³-hybridized carbons (Fsp3) is 0.0625. The number of methoxy groups -OCH3 is 1. The lowest BCUT2D eigenvalue weighted by molar-refractivity contribution is 0.0950. The van der Waals surface area contributed by atoms with Crippen LogP contribution in [-0.4, -0.2) is 29.4 Å². The molecule has 1 aromatic carbocycles. The van der Waals surface area contributed by atoms with Gasteiger partial charge in [-0.05, 0) is 24.3 Å². The molecule has 3 rings (SSSR count). The zero-order valence-electron chi connectivity index (χ0n) is 12.3. The number of aromatic nitrogens is 2. The van der Waals surface area contributed by atoms with Gasteiger partial charge < -0.3 is 9.15 Å². The molecular formula is C16H14N4O3. The minimum Gasteiger partial charge on any atom is -0.496 e. The second kappa shape index (κ2) is 6.61. The van der Waals surface area contributed by atoms with E-state index in [-0.39, 0.29) is 5.69 Å². The molecule has 2 heterocycles. The molecule has 0 unspecified atom stereocenters. The summed E-state index contributed by atoms with van der Waals surface area (Å²) in [6.07, 6.45) is 3.06. The lowest BCUT2D eigenvalue weighted by atomic mass is 10.2. The fourth-order valence-corrected chi connectivity index (χ4v) is 1.99. The van der Waals surface area contributed by atoms with Gasteiger partial charge in [-0.25, -0.2) is 5.43 Å². The summed E-state index contributed by atoms with van der Waals surface area (Å²) in [5.74, 6) is 0.852. The predicted octanol–water partition coefficient (Wildman–Crippen LogP) is 2.44. The summed E-state index contributed by atoms with van der Waals surface area (Å²) in [4.78, 5) is 12.0. The number of hydrazone groups is 1. The van der Waals surface area contributed by atoms with Crippen LogP contribution in [0, 0.1) is 0 Å². The van der Waals surface area contributed by atoms with Crippen molar-refractivity contribution in [1.29, 1.82) is 0 Å². The third-order valence-electron chi connectivity index (χ3n) is 3.11. The van der Waals surface area contributed by atoms with Crippen molar-refractivity contribution < 1.29 is 13.9 Å². The number of para-hydroxylation sites is 1. The summed E-state index contributed by atoms with van der Waals surface area (Å²) < 4.78 is 10.4. The van der Waals surface area contributed by atoms with Crippen LogP contribution in [0.15, 0.2) is 58.2 Å². The molecule has 0 radical (unpaired) electrons. The van der Waals surface area contributed by atoms with Crippen molar-refractivity contribution in [2.75, 3.05) is 7.11 Å². The molecule has 0 fully saturated rings. The van der Waals surface area contributed by atoms with Crippen molar-refractivity contribution in [3.05, 3.63) is 60.0 Å². The number of benzene rings is 1. The van der Waals surface area contributed by atoms with Crippen LogP contribution in [0.2, 0.25) is 0 Å². The summed E-state index contributed by atoms with van der Waals surface area (Å²) in [7, 11) is 1.57. The number of ether oxygens (including phenoxy) is 1. The molecule has 0 bridgehead atoms. The SMILES string of the molecule is COc1ccccc1/C=N\NC(=O)c1cc(-c2ccco2)[nH]n1. The smallest absolute Gasteiger partial charge is 0.291 e. The first-order valence-corrected chi connectivity index (χ1v) is 6.83. The molecule has 0 saturated carbocycles. The van der Waals surface area contributed by atoms with E-state index in [1.165, 1.54) is 6.21 Å². The second-order valence-corrected chi connectivity index (χ2v) is 4.59. The number of aromatic amines is 1. The van der Waals surface area contributed by atoms with Gasteiger partial charge in [0.15, 0.2) is 11.5 Å². The van der Waals surface area contributed by atoms with Crippen molar-refractivity contribution in [3.8, 4) is 17.2 Å². The Morgan fingerprint density at radius 1 is 1.35 bits per heavy atom. The van der Waals surface area contributed by atoms with Gasteiger partial charge in [0.05, 0.1) is 19.6 Å². The summed E-state index contributed by atoms with van der Waals surface area (Å²) in [5, 5.41) is 10.6. The van der Waals surface area contributed by atoms with Gasteiger partial charge in [0.2, 0.25) is 0 Å². The largest absolute Gasteiger partial charge is 0.496 e. The van der Waals surface area contributed by atoms with Crippen molar-refractivity contribution in [2.24, 2.45) is 5.10 Å². The van der Waals surface area contributed by atoms with E-state index in [9.17, 15) is 4.79 Å². The normalized spacial score (nSPS) is 10.8. The lowest BCUT2D eigenvalue weighted by Gasteiger charge is -2.02. The number of hydrogen-bond donors (Lipinski definition) is 2. The molecule has 1 amide bonds. The fourth-order valence-electron chi connectivity index (χ4n) is 1.99. The molecule has 23 heavy (non-hydrogen) atoms. The van der Waals surface area contributed by atoms with Crippen LogP contribution >= 0.6 is 0 Å². The van der Waals surface area contributed by atoms with Gasteiger partial charge in [-0.1, -0.05) is 12.1 Å². The molecule has 116 valence electrons. The number of amides is 1. The number of nitrogens with one attached hydrogen (secondary N) is 2. The molecule has 0 aliphatic heterocycles. The van der Waals surface area contributed by atoms with Gasteiger partial charge in [0.25, 0.3) is 5.91 Å². The maximum atomic E-state index is 12.0. The minimum absolute atomic E-state index is 0.216. The molecule has 0 aliphatic rings. The quantitative estimate of drug-likeness (QED) is 0.559. The van der Waals surface area contributed by atoms with E-state index in [1.807, 2.05) is 24.3 Å². The number of hydrogen-bond acceptors (Lipinski definition) is 5. The second-order valence-electron chi connectivity index (χ2n) is 4.59. The number of nitrogens with zero attached hydrogens (tertiary/aromatic N) is 2. The first-order chi connectivity index (χ1) is 11.3. The van der Waals surface area contributed by atoms with E-state index >= 15 is 0 Å². The van der Waals surface area contributed by atoms with Gasteiger partial charge in [-0.15, -0.1) is 0 Å². The Labute approximate surface area is 132 Å². The predicted molar refractivity (Wildman–Crippen MR) is 84.3 cm³/mol. The third kappa shape index (κ3) is 3.29. The molecule has 0 spiro atoms. The van der Waals surface area contributed by atoms with E-state index in [2.05, 4.69) is 20.7 Å². The Bertz CT molecular complexity index is 821. The van der Waals surface area contributed by atoms with Gasteiger partial charge in [0.1, 0.15) is 11.4 Å². The number of carbonyl (C=O) groups excluding carboxylic acids is 1. The maximum absolute atomic E-state index is 12.0. The first-order valence-electron chi connectivity index (χ1n) is 6.83. The zero-order chi connectivity index (χ0) is 16.1. The zero-order valence-corrected chi connectivity index (χ0v) is 12.3. The highest BCUT2D eigenvalue weighted by molar-refractivity contribution is 5.94. The average Bonchev–Trinajstić information content (AvgIpc) is 3.26. The number of furan rings is 1. The lowest BCUT2D eigenvalue weighted by Crippen LogP contribution is -2.18. The Morgan fingerprint density at radius 2 is 2.22 bits per heavy atom. The highest BCUT2D eigenvalue weighted by Crippen LogP contribution is 2.17. The van der Waals surface area contributed by atoms with E-state index in [1.54, 1.807) is 31.6 Å². The average molecular weight is 310 g/mol. The molecule has 2 N–H and O–H groups in total. The van der Waals surface area contributed by atoms with E-state index in [4.69, 9.17) is 9.15 Å². The third-order valence-corrected chi connectivity index (χ3v) is 3.11. The topological polar surface area (TPSA) is 92.5 Å². The highest BCUT2D eigenvalue weighted by Gasteiger charge is 2.12. The van der Waals surface area contributed by atoms with Crippen LogP contribution in [0.1, 0.15) is 16.1 Å². The monoisotopic (exact) mass is 310 g/mol. The van der Waals surface area contributed by atoms with Gasteiger partial charge in [-0.3, -0.25) is 9.89 Å². The molecular weight excluding hydrogens is 296 g/mol. The van der Waals surface area contributed by atoms with Crippen LogP contribution in [-0.2, 0) is 0 Å². The number of rotatable bonds is 5. The summed E-state index contributed by atoms with van der Waals surface area (Å²) in [6.45, 7) is 0. The Morgan fingerprint density at radius 3 is 3.00 bits per heavy atom. The molecule has 7 nitrogen and oxygen atoms in total. The van der Waals surface area contributed by atoms with E-state index < -0.39 is 5.91 Å². The molecule has 0 aliphatic carbocycles. The molecule has 0 atom stereocenters. The van der Waals surface area contributed by atoms with Crippen LogP contribution < -0.4 is 10.2 Å². The van der Waals surface area contributed by atoms with Gasteiger partial charge in [-0.2, -0.15) is 10.2 Å². The Balaban J connectivity index is 1.67. The van der Waals surface area contributed by atoms with Crippen LogP contribution in [0.4, 0.5) is 0 Å². The van der Waals surface area contributed by atoms with Gasteiger partial charge in [0, 0.05) is 11.6 Å². The summed E-state index contributed by atoms with van der Waals surface area (Å²) in [5.41, 5.74) is 4.01. The van der Waals surface area contributed by atoms with Crippen molar-refractivity contribution >= 4 is 12.1 Å². The molecule has 0 saturated heterocycles. The van der Waals surface area contributed by atoms with Crippen LogP contribution in [0.5, 0.6) is 5.75 Å². The molecule has 3 aromatic rings. The highest BCUT2D eigenvalue weighted by atomic mass is 16.5. The Hall–Kier alpha value is -3.35. The van der Waals surface area contributed by atoms with Crippen LogP contribution in [0.3, 0.4) is 0 Å². The number of carbonyl (C=O) groups is 1. The van der Waals surface area contributed by atoms with Crippen molar-refractivity contribution in [2.45, 2.75) is 0 Å². The standard InChI is InChI=1S/C16H14N4O3/c1-22-14-6-3-2-5-11(14)10-17-20-16(21)13-9-12(18-19-13)15-7-4-8-23-15/h2-10H,1H3,(H,18,19)(H,20,21)/b17-10-. The van der Waals surface area contributed by atoms with E-state index in [0.29, 0.717) is 17.2 Å². The molecule has 2 aromatic heterocycles. The summed E-state index contributed by atoms with van der Waals surface area (Å²) >= 11 is 0. The van der Waals surface area contributed by atoms with E-state index in [0.717, 1.165) is 5.56 Å². The minimum atomic E-state index is -0.426. The number of H-pyrrole nitrogens is 1.